The Morgan fingerprint density at radius 2 is 2.00 bits per heavy atom. The summed E-state index contributed by atoms with van der Waals surface area (Å²) in [6.45, 7) is 8.31. The lowest BCUT2D eigenvalue weighted by molar-refractivity contribution is 0.0657. The lowest BCUT2D eigenvalue weighted by Crippen LogP contribution is -2.24. The summed E-state index contributed by atoms with van der Waals surface area (Å²) in [4.78, 5) is 11.7. The van der Waals surface area contributed by atoms with Crippen molar-refractivity contribution in [3.63, 3.8) is 0 Å². The second-order valence-corrected chi connectivity index (χ2v) is 4.79. The zero-order valence-corrected chi connectivity index (χ0v) is 11.5. The van der Waals surface area contributed by atoms with E-state index < -0.39 is 0 Å². The minimum absolute atomic E-state index is 0.159. The Balaban J connectivity index is 2.53. The van der Waals surface area contributed by atoms with E-state index in [2.05, 4.69) is 11.9 Å². The first-order valence-corrected chi connectivity index (χ1v) is 6.19. The van der Waals surface area contributed by atoms with Gasteiger partial charge in [-0.3, -0.25) is 4.79 Å². The van der Waals surface area contributed by atoms with Crippen LogP contribution in [0, 0.1) is 0 Å². The van der Waals surface area contributed by atoms with Crippen molar-refractivity contribution in [1.82, 2.24) is 5.32 Å². The molecular formula is C14H18ClNO2. The Kier molecular flexibility index (Phi) is 5.89. The SMILES string of the molecule is C=C(Cl)CNC(=O)c1ccc(COC(C)C)cc1. The van der Waals surface area contributed by atoms with E-state index in [4.69, 9.17) is 16.3 Å². The molecule has 1 aromatic rings. The maximum absolute atomic E-state index is 11.7. The molecule has 4 heteroatoms. The molecule has 0 saturated heterocycles. The number of hydrogen-bond donors (Lipinski definition) is 1. The van der Waals surface area contributed by atoms with Crippen LogP contribution in [0.15, 0.2) is 35.9 Å². The van der Waals surface area contributed by atoms with Crippen molar-refractivity contribution in [2.24, 2.45) is 0 Å². The molecule has 0 saturated carbocycles. The van der Waals surface area contributed by atoms with Crippen LogP contribution in [0.25, 0.3) is 0 Å². The number of rotatable bonds is 6. The largest absolute Gasteiger partial charge is 0.374 e. The third-order valence-electron chi connectivity index (χ3n) is 2.24. The molecule has 0 atom stereocenters. The highest BCUT2D eigenvalue weighted by Gasteiger charge is 2.05. The molecule has 0 unspecified atom stereocenters. The summed E-state index contributed by atoms with van der Waals surface area (Å²) >= 11 is 5.58. The van der Waals surface area contributed by atoms with Gasteiger partial charge in [-0.15, -0.1) is 0 Å². The number of amides is 1. The molecule has 3 nitrogen and oxygen atoms in total. The highest BCUT2D eigenvalue weighted by molar-refractivity contribution is 6.29. The van der Waals surface area contributed by atoms with Gasteiger partial charge < -0.3 is 10.1 Å². The van der Waals surface area contributed by atoms with Gasteiger partial charge >= 0.3 is 0 Å². The first-order valence-electron chi connectivity index (χ1n) is 5.81. The van der Waals surface area contributed by atoms with E-state index >= 15 is 0 Å². The lowest BCUT2D eigenvalue weighted by atomic mass is 10.1. The summed E-state index contributed by atoms with van der Waals surface area (Å²) in [6.07, 6.45) is 0.197. The Bertz CT molecular complexity index is 412. The molecule has 0 bridgehead atoms. The van der Waals surface area contributed by atoms with Crippen molar-refractivity contribution in [2.45, 2.75) is 26.6 Å². The van der Waals surface area contributed by atoms with Gasteiger partial charge in [0.05, 0.1) is 19.3 Å². The molecule has 18 heavy (non-hydrogen) atoms. The summed E-state index contributed by atoms with van der Waals surface area (Å²) in [6, 6.07) is 7.30. The van der Waals surface area contributed by atoms with Gasteiger partial charge in [0.1, 0.15) is 0 Å². The van der Waals surface area contributed by atoms with Crippen LogP contribution in [0.5, 0.6) is 0 Å². The van der Waals surface area contributed by atoms with Gasteiger partial charge in [0.15, 0.2) is 0 Å². The molecule has 0 spiro atoms. The normalized spacial score (nSPS) is 10.4. The predicted octanol–water partition coefficient (Wildman–Crippen LogP) is 3.09. The van der Waals surface area contributed by atoms with Crippen molar-refractivity contribution in [3.05, 3.63) is 47.0 Å². The molecule has 0 radical (unpaired) electrons. The molecule has 0 aliphatic rings. The first-order chi connectivity index (χ1) is 8.49. The van der Waals surface area contributed by atoms with Crippen LogP contribution in [-0.4, -0.2) is 18.6 Å². The molecule has 0 aliphatic heterocycles. The molecule has 1 aromatic carbocycles. The zero-order valence-electron chi connectivity index (χ0n) is 10.7. The second kappa shape index (κ2) is 7.19. The lowest BCUT2D eigenvalue weighted by Gasteiger charge is -2.08. The molecule has 0 aromatic heterocycles. The number of carbonyl (C=O) groups excluding carboxylic acids is 1. The number of benzene rings is 1. The van der Waals surface area contributed by atoms with Crippen molar-refractivity contribution in [1.29, 1.82) is 0 Å². The van der Waals surface area contributed by atoms with Gasteiger partial charge in [0, 0.05) is 10.6 Å². The quantitative estimate of drug-likeness (QED) is 0.860. The fraction of sp³-hybridized carbons (Fsp3) is 0.357. The number of ether oxygens (including phenoxy) is 1. The van der Waals surface area contributed by atoms with E-state index in [0.717, 1.165) is 5.56 Å². The van der Waals surface area contributed by atoms with E-state index in [-0.39, 0.29) is 18.6 Å². The summed E-state index contributed by atoms with van der Waals surface area (Å²) in [5, 5.41) is 3.07. The van der Waals surface area contributed by atoms with Gasteiger partial charge in [-0.05, 0) is 31.5 Å². The van der Waals surface area contributed by atoms with Crippen LogP contribution in [-0.2, 0) is 11.3 Å². The van der Waals surface area contributed by atoms with Gasteiger partial charge in [0.2, 0.25) is 0 Å². The van der Waals surface area contributed by atoms with Crippen LogP contribution in [0.3, 0.4) is 0 Å². The Hall–Kier alpha value is -1.32. The molecular weight excluding hydrogens is 250 g/mol. The van der Waals surface area contributed by atoms with Crippen LogP contribution < -0.4 is 5.32 Å². The van der Waals surface area contributed by atoms with Crippen molar-refractivity contribution < 1.29 is 9.53 Å². The first kappa shape index (κ1) is 14.7. The number of nitrogens with one attached hydrogen (secondary N) is 1. The molecule has 98 valence electrons. The van der Waals surface area contributed by atoms with Crippen LogP contribution in [0.2, 0.25) is 0 Å². The number of hydrogen-bond acceptors (Lipinski definition) is 2. The fourth-order valence-corrected chi connectivity index (χ4v) is 1.36. The number of carbonyl (C=O) groups is 1. The van der Waals surface area contributed by atoms with Crippen molar-refractivity contribution >= 4 is 17.5 Å². The van der Waals surface area contributed by atoms with Gasteiger partial charge in [0.25, 0.3) is 5.91 Å². The minimum atomic E-state index is -0.159. The van der Waals surface area contributed by atoms with Crippen LogP contribution >= 0.6 is 11.6 Å². The minimum Gasteiger partial charge on any atom is -0.374 e. The average molecular weight is 268 g/mol. The highest BCUT2D eigenvalue weighted by Crippen LogP contribution is 2.07. The molecule has 0 aliphatic carbocycles. The summed E-state index contributed by atoms with van der Waals surface area (Å²) < 4.78 is 5.48. The highest BCUT2D eigenvalue weighted by atomic mass is 35.5. The third-order valence-corrected chi connectivity index (χ3v) is 2.37. The monoisotopic (exact) mass is 267 g/mol. The van der Waals surface area contributed by atoms with Crippen molar-refractivity contribution in [3.8, 4) is 0 Å². The van der Waals surface area contributed by atoms with E-state index in [0.29, 0.717) is 17.2 Å². The van der Waals surface area contributed by atoms with E-state index in [1.807, 2.05) is 26.0 Å². The van der Waals surface area contributed by atoms with E-state index in [9.17, 15) is 4.79 Å². The maximum atomic E-state index is 11.7. The zero-order chi connectivity index (χ0) is 13.5. The van der Waals surface area contributed by atoms with Gasteiger partial charge in [-0.2, -0.15) is 0 Å². The third kappa shape index (κ3) is 5.34. The topological polar surface area (TPSA) is 38.3 Å². The molecule has 1 rings (SSSR count). The average Bonchev–Trinajstić information content (AvgIpc) is 2.34. The molecule has 0 fully saturated rings. The smallest absolute Gasteiger partial charge is 0.251 e. The predicted molar refractivity (Wildman–Crippen MR) is 73.7 cm³/mol. The van der Waals surface area contributed by atoms with E-state index in [1.165, 1.54) is 0 Å². The standard InChI is InChI=1S/C14H18ClNO2/c1-10(2)18-9-12-4-6-13(7-5-12)14(17)16-8-11(3)15/h4-7,10H,3,8-9H2,1-2H3,(H,16,17). The summed E-state index contributed by atoms with van der Waals surface area (Å²) in [5.74, 6) is -0.159. The Morgan fingerprint density at radius 3 is 2.50 bits per heavy atom. The summed E-state index contributed by atoms with van der Waals surface area (Å²) in [7, 11) is 0. The van der Waals surface area contributed by atoms with Gasteiger partial charge in [-0.25, -0.2) is 0 Å². The van der Waals surface area contributed by atoms with Crippen LogP contribution in [0.1, 0.15) is 29.8 Å². The molecule has 1 N–H and O–H groups in total. The van der Waals surface area contributed by atoms with E-state index in [1.54, 1.807) is 12.1 Å². The van der Waals surface area contributed by atoms with Crippen LogP contribution in [0.4, 0.5) is 0 Å². The maximum Gasteiger partial charge on any atom is 0.251 e. The Morgan fingerprint density at radius 1 is 1.39 bits per heavy atom. The second-order valence-electron chi connectivity index (χ2n) is 4.26. The van der Waals surface area contributed by atoms with Crippen molar-refractivity contribution in [2.75, 3.05) is 6.54 Å². The molecule has 1 amide bonds. The number of halogens is 1. The molecule has 0 heterocycles. The summed E-state index contributed by atoms with van der Waals surface area (Å²) in [5.41, 5.74) is 1.64. The van der Waals surface area contributed by atoms with Gasteiger partial charge in [-0.1, -0.05) is 30.3 Å². The fourth-order valence-electron chi connectivity index (χ4n) is 1.29. The Labute approximate surface area is 113 Å².